The number of rotatable bonds is 5. The van der Waals surface area contributed by atoms with Crippen LogP contribution < -0.4 is 11.1 Å². The van der Waals surface area contributed by atoms with Crippen LogP contribution in [-0.4, -0.2) is 36.0 Å². The molecule has 6 nitrogen and oxygen atoms in total. The Balaban J connectivity index is 1.91. The van der Waals surface area contributed by atoms with Crippen LogP contribution in [0.15, 0.2) is 50.1 Å². The summed E-state index contributed by atoms with van der Waals surface area (Å²) in [5.74, 6) is -1.64. The van der Waals surface area contributed by atoms with E-state index < -0.39 is 17.5 Å². The second-order valence-corrected chi connectivity index (χ2v) is 7.00. The minimum absolute atomic E-state index is 0.0725. The van der Waals surface area contributed by atoms with Crippen molar-refractivity contribution in [1.29, 1.82) is 0 Å². The molecule has 0 radical (unpaired) electrons. The summed E-state index contributed by atoms with van der Waals surface area (Å²) < 4.78 is 21.2. The summed E-state index contributed by atoms with van der Waals surface area (Å²) in [5, 5.41) is 2.65. The Morgan fingerprint density at radius 3 is 2.77 bits per heavy atom. The fraction of sp³-hybridized carbons (Fsp3) is 0.222. The minimum atomic E-state index is -0.613. The van der Waals surface area contributed by atoms with Gasteiger partial charge in [-0.3, -0.25) is 9.36 Å². The summed E-state index contributed by atoms with van der Waals surface area (Å²) in [6, 6.07) is 9.01. The zero-order valence-electron chi connectivity index (χ0n) is 14.3. The smallest absolute Gasteiger partial charge is 0.408 e. The molecule has 2 aromatic carbocycles. The number of hydrogen-bond donors (Lipinski definition) is 1. The highest BCUT2D eigenvalue weighted by Crippen LogP contribution is 2.21. The van der Waals surface area contributed by atoms with Gasteiger partial charge in [-0.25, -0.2) is 9.18 Å². The Bertz CT molecular complexity index is 1030. The number of nitrogens with zero attached hydrogens (tertiary/aromatic N) is 2. The van der Waals surface area contributed by atoms with Gasteiger partial charge in [-0.05, 0) is 50.5 Å². The van der Waals surface area contributed by atoms with Crippen LogP contribution in [0.25, 0.3) is 11.1 Å². The standard InChI is InChI=1S/C18H17BrFN3O3/c1-22(2)7-8-23-15-10-12(4-6-16(15)26-18(23)25)21-17(24)13-9-11(19)3-5-14(13)20/h3-6,9-10H,7-8H2,1-2H3,(H,21,24). The molecule has 0 aliphatic heterocycles. The van der Waals surface area contributed by atoms with E-state index in [0.29, 0.717) is 34.3 Å². The molecule has 1 N–H and O–H groups in total. The first kappa shape index (κ1) is 18.3. The number of anilines is 1. The van der Waals surface area contributed by atoms with E-state index in [2.05, 4.69) is 21.2 Å². The third-order valence-corrected chi connectivity index (χ3v) is 4.36. The lowest BCUT2D eigenvalue weighted by atomic mass is 10.2. The van der Waals surface area contributed by atoms with E-state index in [1.807, 2.05) is 19.0 Å². The fourth-order valence-corrected chi connectivity index (χ4v) is 2.88. The summed E-state index contributed by atoms with van der Waals surface area (Å²) in [6.07, 6.45) is 0. The molecule has 3 aromatic rings. The van der Waals surface area contributed by atoms with Gasteiger partial charge in [0.25, 0.3) is 5.91 Å². The van der Waals surface area contributed by atoms with Crippen LogP contribution in [0, 0.1) is 5.82 Å². The summed E-state index contributed by atoms with van der Waals surface area (Å²) in [7, 11) is 3.82. The van der Waals surface area contributed by atoms with E-state index in [4.69, 9.17) is 4.42 Å². The lowest BCUT2D eigenvalue weighted by molar-refractivity contribution is 0.102. The van der Waals surface area contributed by atoms with Crippen LogP contribution in [0.2, 0.25) is 0 Å². The largest absolute Gasteiger partial charge is 0.419 e. The topological polar surface area (TPSA) is 67.5 Å². The Hall–Kier alpha value is -2.45. The van der Waals surface area contributed by atoms with Crippen LogP contribution in [0.5, 0.6) is 0 Å². The SMILES string of the molecule is CN(C)CCn1c(=O)oc2ccc(NC(=O)c3cc(Br)ccc3F)cc21. The predicted molar refractivity (Wildman–Crippen MR) is 101 cm³/mol. The lowest BCUT2D eigenvalue weighted by Gasteiger charge is -2.10. The first-order valence-corrected chi connectivity index (χ1v) is 8.69. The minimum Gasteiger partial charge on any atom is -0.408 e. The number of aromatic nitrogens is 1. The molecule has 0 unspecified atom stereocenters. The molecule has 1 aromatic heterocycles. The summed E-state index contributed by atoms with van der Waals surface area (Å²) in [5.41, 5.74) is 1.38. The van der Waals surface area contributed by atoms with Gasteiger partial charge in [0.15, 0.2) is 5.58 Å². The van der Waals surface area contributed by atoms with E-state index in [1.54, 1.807) is 18.2 Å². The van der Waals surface area contributed by atoms with Crippen LogP contribution in [0.4, 0.5) is 10.1 Å². The quantitative estimate of drug-likeness (QED) is 0.685. The van der Waals surface area contributed by atoms with Crippen molar-refractivity contribution in [1.82, 2.24) is 9.47 Å². The highest BCUT2D eigenvalue weighted by molar-refractivity contribution is 9.10. The number of halogens is 2. The molecule has 0 saturated heterocycles. The molecule has 0 atom stereocenters. The van der Waals surface area contributed by atoms with Crippen molar-refractivity contribution in [2.45, 2.75) is 6.54 Å². The molecule has 0 spiro atoms. The van der Waals surface area contributed by atoms with Crippen molar-refractivity contribution < 1.29 is 13.6 Å². The number of benzene rings is 2. The Morgan fingerprint density at radius 2 is 2.04 bits per heavy atom. The average molecular weight is 422 g/mol. The highest BCUT2D eigenvalue weighted by Gasteiger charge is 2.15. The molecule has 0 aliphatic carbocycles. The van der Waals surface area contributed by atoms with Crippen molar-refractivity contribution in [3.63, 3.8) is 0 Å². The van der Waals surface area contributed by atoms with Crippen molar-refractivity contribution in [2.24, 2.45) is 0 Å². The molecule has 1 heterocycles. The predicted octanol–water partition coefficient (Wildman–Crippen LogP) is 3.31. The second-order valence-electron chi connectivity index (χ2n) is 6.08. The van der Waals surface area contributed by atoms with Crippen LogP contribution >= 0.6 is 15.9 Å². The summed E-state index contributed by atoms with van der Waals surface area (Å²) >= 11 is 3.22. The molecular formula is C18H17BrFN3O3. The number of fused-ring (bicyclic) bond motifs is 1. The first-order valence-electron chi connectivity index (χ1n) is 7.89. The van der Waals surface area contributed by atoms with Crippen LogP contribution in [0.1, 0.15) is 10.4 Å². The monoisotopic (exact) mass is 421 g/mol. The molecule has 26 heavy (non-hydrogen) atoms. The van der Waals surface area contributed by atoms with Crippen molar-refractivity contribution in [2.75, 3.05) is 26.0 Å². The number of carbonyl (C=O) groups excluding carboxylic acids is 1. The zero-order valence-corrected chi connectivity index (χ0v) is 15.8. The molecule has 0 aliphatic rings. The Morgan fingerprint density at radius 1 is 1.27 bits per heavy atom. The molecule has 3 rings (SSSR count). The highest BCUT2D eigenvalue weighted by atomic mass is 79.9. The normalized spacial score (nSPS) is 11.3. The van der Waals surface area contributed by atoms with E-state index >= 15 is 0 Å². The Kier molecular flexibility index (Phi) is 5.24. The van der Waals surface area contributed by atoms with Crippen molar-refractivity contribution in [3.05, 3.63) is 62.8 Å². The van der Waals surface area contributed by atoms with Gasteiger partial charge in [0, 0.05) is 23.2 Å². The van der Waals surface area contributed by atoms with E-state index in [1.165, 1.54) is 22.8 Å². The number of oxazole rings is 1. The zero-order chi connectivity index (χ0) is 18.8. The number of amides is 1. The molecule has 136 valence electrons. The average Bonchev–Trinajstić information content (AvgIpc) is 2.89. The van der Waals surface area contributed by atoms with Gasteiger partial charge in [0.05, 0.1) is 11.1 Å². The third-order valence-electron chi connectivity index (χ3n) is 3.87. The molecular weight excluding hydrogens is 405 g/mol. The van der Waals surface area contributed by atoms with Gasteiger partial charge >= 0.3 is 5.76 Å². The summed E-state index contributed by atoms with van der Waals surface area (Å²) in [4.78, 5) is 26.3. The number of hydrogen-bond acceptors (Lipinski definition) is 4. The lowest BCUT2D eigenvalue weighted by Crippen LogP contribution is -2.23. The van der Waals surface area contributed by atoms with E-state index in [9.17, 15) is 14.0 Å². The molecule has 0 saturated carbocycles. The fourth-order valence-electron chi connectivity index (χ4n) is 2.52. The van der Waals surface area contributed by atoms with Crippen LogP contribution in [-0.2, 0) is 6.54 Å². The maximum Gasteiger partial charge on any atom is 0.419 e. The van der Waals surface area contributed by atoms with Crippen molar-refractivity contribution in [3.8, 4) is 0 Å². The summed E-state index contributed by atoms with van der Waals surface area (Å²) in [6.45, 7) is 1.12. The second kappa shape index (κ2) is 7.43. The van der Waals surface area contributed by atoms with Crippen molar-refractivity contribution >= 4 is 38.6 Å². The molecule has 0 bridgehead atoms. The third kappa shape index (κ3) is 3.86. The number of nitrogens with one attached hydrogen (secondary N) is 1. The maximum atomic E-state index is 13.9. The molecule has 0 fully saturated rings. The molecule has 8 heteroatoms. The Labute approximate surface area is 157 Å². The number of likely N-dealkylation sites (N-methyl/N-ethyl adjacent to an activating group) is 1. The van der Waals surface area contributed by atoms with Gasteiger partial charge in [-0.2, -0.15) is 0 Å². The van der Waals surface area contributed by atoms with Crippen LogP contribution in [0.3, 0.4) is 0 Å². The number of carbonyl (C=O) groups is 1. The van der Waals surface area contributed by atoms with Gasteiger partial charge in [0.2, 0.25) is 0 Å². The van der Waals surface area contributed by atoms with Gasteiger partial charge < -0.3 is 14.6 Å². The van der Waals surface area contributed by atoms with E-state index in [-0.39, 0.29) is 5.56 Å². The van der Waals surface area contributed by atoms with Gasteiger partial charge in [-0.15, -0.1) is 0 Å². The first-order chi connectivity index (χ1) is 12.3. The molecule has 1 amide bonds. The van der Waals surface area contributed by atoms with Gasteiger partial charge in [-0.1, -0.05) is 15.9 Å². The van der Waals surface area contributed by atoms with E-state index in [0.717, 1.165) is 0 Å². The van der Waals surface area contributed by atoms with Gasteiger partial charge in [0.1, 0.15) is 5.82 Å². The maximum absolute atomic E-state index is 13.9.